The highest BCUT2D eigenvalue weighted by molar-refractivity contribution is 5.96. The Kier molecular flexibility index (Phi) is 11.1. The second-order valence-corrected chi connectivity index (χ2v) is 2.15. The zero-order chi connectivity index (χ0) is 10.7. The third kappa shape index (κ3) is 25.2. The fourth-order valence-electron chi connectivity index (χ4n) is 0.290. The van der Waals surface area contributed by atoms with Gasteiger partial charge in [0.05, 0.1) is 0 Å². The molecule has 0 atom stereocenters. The third-order valence-corrected chi connectivity index (χ3v) is 0.834. The van der Waals surface area contributed by atoms with E-state index in [9.17, 15) is 9.59 Å². The lowest BCUT2D eigenvalue weighted by Gasteiger charge is -1.79. The predicted molar refractivity (Wildman–Crippen MR) is 51.2 cm³/mol. The lowest BCUT2D eigenvalue weighted by Crippen LogP contribution is -2.10. The van der Waals surface area contributed by atoms with Crippen LogP contribution in [-0.4, -0.2) is 18.0 Å². The molecule has 74 valence electrons. The van der Waals surface area contributed by atoms with Crippen LogP contribution in [0.2, 0.25) is 0 Å². The number of aldehydes is 1. The molecular weight excluding hydrogens is 170 g/mol. The third-order valence-electron chi connectivity index (χ3n) is 0.834. The Morgan fingerprint density at radius 3 is 2.00 bits per heavy atom. The first kappa shape index (κ1) is 13.9. The summed E-state index contributed by atoms with van der Waals surface area (Å²) in [5.74, 6) is -0.774. The molecule has 0 fully saturated rings. The van der Waals surface area contributed by atoms with Crippen LogP contribution in [0.3, 0.4) is 0 Å². The molecule has 5 nitrogen and oxygen atoms in total. The number of rotatable bonds is 4. The summed E-state index contributed by atoms with van der Waals surface area (Å²) < 4.78 is 0. The fraction of sp³-hybridized carbons (Fsp3) is 0.375. The zero-order valence-corrected chi connectivity index (χ0v) is 7.62. The summed E-state index contributed by atoms with van der Waals surface area (Å²) in [7, 11) is 0. The largest absolute Gasteiger partial charge is 0.384 e. The van der Waals surface area contributed by atoms with E-state index in [1.165, 1.54) is 0 Å². The highest BCUT2D eigenvalue weighted by Crippen LogP contribution is 1.74. The number of unbranched alkanes of at least 4 members (excludes halogenated alkanes) is 1. The smallest absolute Gasteiger partial charge is 0.241 e. The van der Waals surface area contributed by atoms with Crippen molar-refractivity contribution in [2.75, 3.05) is 0 Å². The van der Waals surface area contributed by atoms with Crippen LogP contribution in [0.25, 0.3) is 0 Å². The topological polar surface area (TPSA) is 110 Å². The van der Waals surface area contributed by atoms with E-state index in [1.807, 2.05) is 6.92 Å². The zero-order valence-electron chi connectivity index (χ0n) is 7.62. The van der Waals surface area contributed by atoms with Crippen LogP contribution in [0.5, 0.6) is 0 Å². The first-order valence-electron chi connectivity index (χ1n) is 3.79. The molecule has 0 aliphatic rings. The second kappa shape index (κ2) is 10.3. The lowest BCUT2D eigenvalue weighted by molar-refractivity contribution is -0.113. The monoisotopic (exact) mass is 185 g/mol. The fourth-order valence-corrected chi connectivity index (χ4v) is 0.290. The summed E-state index contributed by atoms with van der Waals surface area (Å²) in [4.78, 5) is 19.3. The minimum absolute atomic E-state index is 0.177. The highest BCUT2D eigenvalue weighted by atomic mass is 16.1. The molecule has 0 bridgehead atoms. The number of hydrogen-bond donors (Lipinski definition) is 3. The van der Waals surface area contributed by atoms with Gasteiger partial charge in [-0.05, 0) is 12.5 Å². The molecular formula is C8H15N3O2. The molecule has 5 heteroatoms. The number of primary amides is 1. The van der Waals surface area contributed by atoms with Crippen molar-refractivity contribution in [3.05, 3.63) is 12.2 Å². The van der Waals surface area contributed by atoms with Gasteiger partial charge in [-0.25, -0.2) is 0 Å². The quantitative estimate of drug-likeness (QED) is 0.247. The van der Waals surface area contributed by atoms with Crippen LogP contribution in [0, 0.1) is 5.41 Å². The van der Waals surface area contributed by atoms with Gasteiger partial charge in [-0.2, -0.15) is 0 Å². The molecule has 5 N–H and O–H groups in total. The van der Waals surface area contributed by atoms with Gasteiger partial charge in [-0.1, -0.05) is 6.92 Å². The van der Waals surface area contributed by atoms with Gasteiger partial charge < -0.3 is 16.3 Å². The summed E-state index contributed by atoms with van der Waals surface area (Å²) in [6.07, 6.45) is 4.77. The summed E-state index contributed by atoms with van der Waals surface area (Å²) >= 11 is 0. The SMILES string of the molecule is CCCC=O.N=C(N)/C=C\C(N)=O. The van der Waals surface area contributed by atoms with E-state index in [2.05, 4.69) is 5.73 Å². The minimum atomic E-state index is -0.597. The van der Waals surface area contributed by atoms with Gasteiger partial charge in [-0.15, -0.1) is 0 Å². The normalized spacial score (nSPS) is 8.69. The van der Waals surface area contributed by atoms with Crippen LogP contribution in [0.15, 0.2) is 12.2 Å². The van der Waals surface area contributed by atoms with Gasteiger partial charge >= 0.3 is 0 Å². The van der Waals surface area contributed by atoms with E-state index in [0.29, 0.717) is 6.42 Å². The molecule has 0 aromatic rings. The Hall–Kier alpha value is -1.65. The maximum Gasteiger partial charge on any atom is 0.241 e. The molecule has 0 aliphatic heterocycles. The molecule has 0 radical (unpaired) electrons. The summed E-state index contributed by atoms with van der Waals surface area (Å²) in [5.41, 5.74) is 9.49. The molecule has 0 aliphatic carbocycles. The van der Waals surface area contributed by atoms with Crippen LogP contribution < -0.4 is 11.5 Å². The Bertz CT molecular complexity index is 184. The standard InChI is InChI=1S/C4H7N3O.C4H8O/c5-3(6)1-2-4(7)8;1-2-3-4-5/h1-2H,(H3,5,6)(H2,7,8);4H,2-3H2,1H3/b2-1-;. The van der Waals surface area contributed by atoms with Crippen molar-refractivity contribution in [2.24, 2.45) is 11.5 Å². The molecule has 0 aromatic heterocycles. The molecule has 0 spiro atoms. The molecule has 0 rings (SSSR count). The molecule has 0 heterocycles. The Morgan fingerprint density at radius 1 is 1.38 bits per heavy atom. The van der Waals surface area contributed by atoms with Gasteiger partial charge in [0, 0.05) is 12.5 Å². The summed E-state index contributed by atoms with van der Waals surface area (Å²) in [6, 6.07) is 0. The van der Waals surface area contributed by atoms with E-state index < -0.39 is 5.91 Å². The van der Waals surface area contributed by atoms with Gasteiger partial charge in [0.1, 0.15) is 12.1 Å². The first-order valence-corrected chi connectivity index (χ1v) is 3.79. The van der Waals surface area contributed by atoms with E-state index in [-0.39, 0.29) is 5.84 Å². The first-order chi connectivity index (χ1) is 6.04. The van der Waals surface area contributed by atoms with Crippen LogP contribution in [0.4, 0.5) is 0 Å². The van der Waals surface area contributed by atoms with E-state index in [4.69, 9.17) is 11.1 Å². The van der Waals surface area contributed by atoms with Gasteiger partial charge in [0.2, 0.25) is 5.91 Å². The number of amidine groups is 1. The lowest BCUT2D eigenvalue weighted by atomic mass is 10.4. The number of amides is 1. The van der Waals surface area contributed by atoms with Crippen molar-refractivity contribution in [1.29, 1.82) is 5.41 Å². The van der Waals surface area contributed by atoms with Gasteiger partial charge in [-0.3, -0.25) is 10.2 Å². The Balaban J connectivity index is 0. The molecule has 0 aromatic carbocycles. The number of nitrogens with two attached hydrogens (primary N) is 2. The van der Waals surface area contributed by atoms with Crippen LogP contribution >= 0.6 is 0 Å². The molecule has 1 amide bonds. The number of carbonyl (C=O) groups excluding carboxylic acids is 2. The highest BCUT2D eigenvalue weighted by Gasteiger charge is 1.80. The molecule has 0 unspecified atom stereocenters. The van der Waals surface area contributed by atoms with Gasteiger partial charge in [0.25, 0.3) is 0 Å². The predicted octanol–water partition coefficient (Wildman–Crippen LogP) is -0.0507. The molecule has 13 heavy (non-hydrogen) atoms. The van der Waals surface area contributed by atoms with Crippen LogP contribution in [-0.2, 0) is 9.59 Å². The van der Waals surface area contributed by atoms with E-state index >= 15 is 0 Å². The van der Waals surface area contributed by atoms with Crippen molar-refractivity contribution < 1.29 is 9.59 Å². The number of hydrogen-bond acceptors (Lipinski definition) is 3. The maximum atomic E-state index is 9.89. The number of carbonyl (C=O) groups is 2. The van der Waals surface area contributed by atoms with Crippen molar-refractivity contribution in [3.63, 3.8) is 0 Å². The Morgan fingerprint density at radius 2 is 1.92 bits per heavy atom. The van der Waals surface area contributed by atoms with E-state index in [0.717, 1.165) is 24.9 Å². The van der Waals surface area contributed by atoms with Crippen molar-refractivity contribution >= 4 is 18.0 Å². The molecule has 0 saturated heterocycles. The summed E-state index contributed by atoms with van der Waals surface area (Å²) in [6.45, 7) is 1.98. The van der Waals surface area contributed by atoms with Crippen molar-refractivity contribution in [1.82, 2.24) is 0 Å². The minimum Gasteiger partial charge on any atom is -0.384 e. The van der Waals surface area contributed by atoms with Crippen molar-refractivity contribution in [2.45, 2.75) is 19.8 Å². The number of nitrogens with one attached hydrogen (secondary N) is 1. The van der Waals surface area contributed by atoms with Gasteiger partial charge in [0.15, 0.2) is 0 Å². The average molecular weight is 185 g/mol. The van der Waals surface area contributed by atoms with Crippen LogP contribution in [0.1, 0.15) is 19.8 Å². The molecule has 0 saturated carbocycles. The second-order valence-electron chi connectivity index (χ2n) is 2.15. The average Bonchev–Trinajstić information content (AvgIpc) is 2.03. The maximum absolute atomic E-state index is 9.89. The van der Waals surface area contributed by atoms with E-state index in [1.54, 1.807) is 0 Å². The summed E-state index contributed by atoms with van der Waals surface area (Å²) in [5, 5.41) is 6.57. The van der Waals surface area contributed by atoms with Crippen molar-refractivity contribution in [3.8, 4) is 0 Å². The Labute approximate surface area is 77.3 Å².